The van der Waals surface area contributed by atoms with Gasteiger partial charge in [-0.05, 0) is 95.9 Å². The first kappa shape index (κ1) is 28.7. The number of rotatable bonds is 4. The molecule has 0 aliphatic carbocycles. The van der Waals surface area contributed by atoms with E-state index in [0.717, 1.165) is 18.6 Å². The number of hydrogen-bond acceptors (Lipinski definition) is 5. The number of fused-ring (bicyclic) bond motifs is 2. The summed E-state index contributed by atoms with van der Waals surface area (Å²) in [5, 5.41) is 12.3. The lowest BCUT2D eigenvalue weighted by atomic mass is 9.74. The maximum absolute atomic E-state index is 13.7. The molecule has 3 amide bonds. The zero-order valence-electron chi connectivity index (χ0n) is 22.5. The predicted octanol–water partition coefficient (Wildman–Crippen LogP) is 4.89. The molecule has 1 N–H and O–H groups in total. The van der Waals surface area contributed by atoms with Crippen LogP contribution in [0.1, 0.15) is 81.6 Å². The van der Waals surface area contributed by atoms with Crippen molar-refractivity contribution in [1.82, 2.24) is 15.1 Å². The summed E-state index contributed by atoms with van der Waals surface area (Å²) in [5.74, 6) is -0.948. The number of nitrogens with zero attached hydrogens (tertiary/aromatic N) is 3. The van der Waals surface area contributed by atoms with Crippen molar-refractivity contribution < 1.29 is 32.3 Å². The van der Waals surface area contributed by atoms with Crippen LogP contribution in [0.5, 0.6) is 0 Å². The first-order valence-corrected chi connectivity index (χ1v) is 13.5. The fourth-order valence-electron chi connectivity index (χ4n) is 6.14. The third kappa shape index (κ3) is 6.48. The number of halogens is 3. The summed E-state index contributed by atoms with van der Waals surface area (Å²) >= 11 is 0. The summed E-state index contributed by atoms with van der Waals surface area (Å²) in [6.45, 7) is 5.61. The van der Waals surface area contributed by atoms with E-state index in [0.29, 0.717) is 45.1 Å². The van der Waals surface area contributed by atoms with Crippen LogP contribution in [0.25, 0.3) is 0 Å². The molecule has 8 nitrogen and oxygen atoms in total. The van der Waals surface area contributed by atoms with Crippen molar-refractivity contribution in [3.63, 3.8) is 0 Å². The fourth-order valence-corrected chi connectivity index (χ4v) is 6.14. The third-order valence-corrected chi connectivity index (χ3v) is 7.80. The van der Waals surface area contributed by atoms with Crippen molar-refractivity contribution in [2.45, 2.75) is 102 Å². The lowest BCUT2D eigenvalue weighted by Crippen LogP contribution is -2.61. The Morgan fingerprint density at radius 1 is 1.03 bits per heavy atom. The first-order valence-electron chi connectivity index (χ1n) is 13.5. The van der Waals surface area contributed by atoms with Gasteiger partial charge in [-0.2, -0.15) is 18.4 Å². The molecule has 11 heteroatoms. The minimum absolute atomic E-state index is 0.187. The summed E-state index contributed by atoms with van der Waals surface area (Å²) in [7, 11) is 0. The molecule has 2 bridgehead atoms. The number of benzene rings is 1. The van der Waals surface area contributed by atoms with Crippen LogP contribution in [0.4, 0.5) is 18.0 Å². The lowest BCUT2D eigenvalue weighted by molar-refractivity contribution is -0.138. The average Bonchev–Trinajstić information content (AvgIpc) is 3.33. The monoisotopic (exact) mass is 548 g/mol. The molecule has 3 aliphatic rings. The number of likely N-dealkylation sites (tertiary alicyclic amines) is 1. The van der Waals surface area contributed by atoms with E-state index in [9.17, 15) is 32.8 Å². The SMILES string of the molecule is CC(C)(C)OC(=O)NC(C(=O)N1CCC[C@H]1C#N)C1CC2CCCC(C1)N2C(=O)c1ccc(C(F)(F)F)cc1. The molecule has 212 valence electrons. The summed E-state index contributed by atoms with van der Waals surface area (Å²) in [6.07, 6.45) is -0.767. The minimum Gasteiger partial charge on any atom is -0.444 e. The van der Waals surface area contributed by atoms with Crippen molar-refractivity contribution in [3.8, 4) is 6.07 Å². The van der Waals surface area contributed by atoms with Crippen LogP contribution in [0.3, 0.4) is 0 Å². The molecule has 0 spiro atoms. The second-order valence-corrected chi connectivity index (χ2v) is 11.7. The Bertz CT molecular complexity index is 1110. The molecule has 3 fully saturated rings. The van der Waals surface area contributed by atoms with Gasteiger partial charge >= 0.3 is 12.3 Å². The lowest BCUT2D eigenvalue weighted by Gasteiger charge is -2.50. The topological polar surface area (TPSA) is 103 Å². The molecule has 0 saturated carbocycles. The zero-order chi connectivity index (χ0) is 28.5. The molecule has 3 unspecified atom stereocenters. The molecule has 39 heavy (non-hydrogen) atoms. The van der Waals surface area contributed by atoms with Gasteiger partial charge in [-0.1, -0.05) is 0 Å². The van der Waals surface area contributed by atoms with Crippen LogP contribution in [-0.2, 0) is 15.7 Å². The van der Waals surface area contributed by atoms with E-state index < -0.39 is 35.5 Å². The second-order valence-electron chi connectivity index (χ2n) is 11.7. The number of carbonyl (C=O) groups is 3. The summed E-state index contributed by atoms with van der Waals surface area (Å²) in [5.41, 5.74) is -1.40. The van der Waals surface area contributed by atoms with Gasteiger partial charge in [-0.15, -0.1) is 0 Å². The highest BCUT2D eigenvalue weighted by atomic mass is 19.4. The van der Waals surface area contributed by atoms with Crippen LogP contribution < -0.4 is 5.32 Å². The quantitative estimate of drug-likeness (QED) is 0.578. The van der Waals surface area contributed by atoms with E-state index in [-0.39, 0.29) is 35.4 Å². The van der Waals surface area contributed by atoms with Crippen molar-refractivity contribution in [3.05, 3.63) is 35.4 Å². The van der Waals surface area contributed by atoms with Crippen LogP contribution in [0.2, 0.25) is 0 Å². The van der Waals surface area contributed by atoms with E-state index in [4.69, 9.17) is 4.74 Å². The summed E-state index contributed by atoms with van der Waals surface area (Å²) < 4.78 is 44.5. The van der Waals surface area contributed by atoms with Gasteiger partial charge in [0.25, 0.3) is 5.91 Å². The largest absolute Gasteiger partial charge is 0.444 e. The Morgan fingerprint density at radius 2 is 1.64 bits per heavy atom. The Balaban J connectivity index is 1.56. The van der Waals surface area contributed by atoms with Gasteiger partial charge in [0.15, 0.2) is 0 Å². The average molecular weight is 549 g/mol. The maximum Gasteiger partial charge on any atom is 0.416 e. The number of nitrogens with one attached hydrogen (secondary N) is 1. The van der Waals surface area contributed by atoms with Crippen molar-refractivity contribution in [2.24, 2.45) is 5.92 Å². The molecule has 3 saturated heterocycles. The number of ether oxygens (including phenoxy) is 1. The van der Waals surface area contributed by atoms with E-state index in [2.05, 4.69) is 11.4 Å². The molecule has 3 heterocycles. The van der Waals surface area contributed by atoms with Crippen LogP contribution in [0, 0.1) is 17.2 Å². The second kappa shape index (κ2) is 11.1. The summed E-state index contributed by atoms with van der Waals surface area (Å²) in [4.78, 5) is 43.2. The molecule has 1 aromatic carbocycles. The Labute approximate surface area is 226 Å². The fraction of sp³-hybridized carbons (Fsp3) is 0.643. The van der Waals surface area contributed by atoms with Gasteiger partial charge in [0.2, 0.25) is 5.91 Å². The van der Waals surface area contributed by atoms with Crippen molar-refractivity contribution in [1.29, 1.82) is 5.26 Å². The molecular formula is C28H35F3N4O4. The highest BCUT2D eigenvalue weighted by Crippen LogP contribution is 2.40. The minimum atomic E-state index is -4.49. The molecule has 4 atom stereocenters. The van der Waals surface area contributed by atoms with E-state index in [1.54, 1.807) is 25.7 Å². The van der Waals surface area contributed by atoms with Gasteiger partial charge < -0.3 is 19.9 Å². The number of amides is 3. The first-order chi connectivity index (χ1) is 18.3. The van der Waals surface area contributed by atoms with Gasteiger partial charge in [0, 0.05) is 24.2 Å². The Kier molecular flexibility index (Phi) is 8.14. The number of alkyl halides is 3. The molecule has 3 aliphatic heterocycles. The highest BCUT2D eigenvalue weighted by molar-refractivity contribution is 5.95. The van der Waals surface area contributed by atoms with Crippen LogP contribution in [-0.4, -0.2) is 64.0 Å². The predicted molar refractivity (Wildman–Crippen MR) is 135 cm³/mol. The number of piperidine rings is 2. The summed E-state index contributed by atoms with van der Waals surface area (Å²) in [6, 6.07) is 4.50. The van der Waals surface area contributed by atoms with Crippen LogP contribution >= 0.6 is 0 Å². The molecular weight excluding hydrogens is 513 g/mol. The van der Waals surface area contributed by atoms with Crippen LogP contribution in [0.15, 0.2) is 24.3 Å². The smallest absolute Gasteiger partial charge is 0.416 e. The third-order valence-electron chi connectivity index (χ3n) is 7.80. The van der Waals surface area contributed by atoms with E-state index in [1.807, 2.05) is 0 Å². The van der Waals surface area contributed by atoms with E-state index in [1.165, 1.54) is 17.0 Å². The molecule has 1 aromatic rings. The Hall–Kier alpha value is -3.29. The Morgan fingerprint density at radius 3 is 2.18 bits per heavy atom. The molecule has 0 radical (unpaired) electrons. The van der Waals surface area contributed by atoms with E-state index >= 15 is 0 Å². The zero-order valence-corrected chi connectivity index (χ0v) is 22.5. The van der Waals surface area contributed by atoms with Crippen molar-refractivity contribution in [2.75, 3.05) is 6.54 Å². The highest BCUT2D eigenvalue weighted by Gasteiger charge is 2.47. The number of carbonyl (C=O) groups excluding carboxylic acids is 3. The number of nitriles is 1. The molecule has 4 rings (SSSR count). The van der Waals surface area contributed by atoms with Gasteiger partial charge in [0.05, 0.1) is 11.6 Å². The maximum atomic E-state index is 13.7. The standard InChI is InChI=1S/C28H35F3N4O4/c1-27(2,3)39-26(38)33-23(25(37)34-13-5-8-22(34)16-32)18-14-20-6-4-7-21(15-18)35(20)24(36)17-9-11-19(12-10-17)28(29,30)31/h9-12,18,20-23H,4-8,13-15H2,1-3H3,(H,33,38)/t18?,20?,21?,22-,23?/m0/s1. The van der Waals surface area contributed by atoms with Gasteiger partial charge in [-0.3, -0.25) is 9.59 Å². The number of alkyl carbamates (subject to hydrolysis) is 1. The molecule has 0 aromatic heterocycles. The van der Waals surface area contributed by atoms with Gasteiger partial charge in [0.1, 0.15) is 17.7 Å². The van der Waals surface area contributed by atoms with Gasteiger partial charge in [-0.25, -0.2) is 4.79 Å². The van der Waals surface area contributed by atoms with Crippen molar-refractivity contribution >= 4 is 17.9 Å². The number of hydrogen-bond donors (Lipinski definition) is 1. The normalized spacial score (nSPS) is 26.0.